The summed E-state index contributed by atoms with van der Waals surface area (Å²) >= 11 is 0. The van der Waals surface area contributed by atoms with E-state index < -0.39 is 0 Å². The zero-order valence-electron chi connectivity index (χ0n) is 10.2. The van der Waals surface area contributed by atoms with Crippen molar-refractivity contribution in [1.82, 2.24) is 5.32 Å². The van der Waals surface area contributed by atoms with E-state index in [-0.39, 0.29) is 5.54 Å². The number of hydrogen-bond acceptors (Lipinski definition) is 3. The fourth-order valence-electron chi connectivity index (χ4n) is 2.65. The summed E-state index contributed by atoms with van der Waals surface area (Å²) in [6.45, 7) is 4.89. The van der Waals surface area contributed by atoms with Crippen molar-refractivity contribution in [3.63, 3.8) is 0 Å². The lowest BCUT2D eigenvalue weighted by Gasteiger charge is -2.25. The van der Waals surface area contributed by atoms with Crippen LogP contribution in [-0.2, 0) is 10.3 Å². The van der Waals surface area contributed by atoms with Crippen LogP contribution in [0.3, 0.4) is 0 Å². The average Bonchev–Trinajstić information content (AvgIpc) is 3.01. The number of benzene rings is 1. The molecule has 1 fully saturated rings. The summed E-state index contributed by atoms with van der Waals surface area (Å²) in [6, 6.07) is 8.58. The van der Waals surface area contributed by atoms with E-state index in [0.717, 1.165) is 31.2 Å². The number of hydrogen-bond donors (Lipinski definition) is 1. The SMILES string of the molecule is CC1(c2cccc(C3=NCCO3)c2)CCCN1. The summed E-state index contributed by atoms with van der Waals surface area (Å²) in [4.78, 5) is 4.37. The smallest absolute Gasteiger partial charge is 0.216 e. The van der Waals surface area contributed by atoms with Gasteiger partial charge in [0, 0.05) is 11.1 Å². The first-order valence-electron chi connectivity index (χ1n) is 6.31. The highest BCUT2D eigenvalue weighted by molar-refractivity contribution is 5.95. The summed E-state index contributed by atoms with van der Waals surface area (Å²) in [7, 11) is 0. The fraction of sp³-hybridized carbons (Fsp3) is 0.500. The molecule has 0 bridgehead atoms. The number of aliphatic imine (C=N–C) groups is 1. The van der Waals surface area contributed by atoms with Crippen LogP contribution in [0.15, 0.2) is 29.3 Å². The molecule has 1 atom stereocenters. The van der Waals surface area contributed by atoms with E-state index in [0.29, 0.717) is 0 Å². The van der Waals surface area contributed by atoms with Crippen molar-refractivity contribution in [2.45, 2.75) is 25.3 Å². The van der Waals surface area contributed by atoms with E-state index >= 15 is 0 Å². The molecule has 0 saturated carbocycles. The Morgan fingerprint density at radius 1 is 1.41 bits per heavy atom. The Bertz CT molecular complexity index is 447. The second kappa shape index (κ2) is 4.15. The predicted octanol–water partition coefficient (Wildman–Crippen LogP) is 2.06. The van der Waals surface area contributed by atoms with Gasteiger partial charge >= 0.3 is 0 Å². The van der Waals surface area contributed by atoms with Crippen LogP contribution >= 0.6 is 0 Å². The first-order valence-corrected chi connectivity index (χ1v) is 6.31. The topological polar surface area (TPSA) is 33.6 Å². The summed E-state index contributed by atoms with van der Waals surface area (Å²) in [5, 5.41) is 3.59. The molecule has 1 unspecified atom stereocenters. The van der Waals surface area contributed by atoms with Crippen molar-refractivity contribution in [2.75, 3.05) is 19.7 Å². The average molecular weight is 230 g/mol. The number of rotatable bonds is 2. The molecule has 0 aliphatic carbocycles. The third kappa shape index (κ3) is 1.95. The molecule has 2 aliphatic rings. The highest BCUT2D eigenvalue weighted by Gasteiger charge is 2.30. The van der Waals surface area contributed by atoms with E-state index in [4.69, 9.17) is 4.74 Å². The second-order valence-corrected chi connectivity index (χ2v) is 4.98. The highest BCUT2D eigenvalue weighted by atomic mass is 16.5. The summed E-state index contributed by atoms with van der Waals surface area (Å²) in [5.41, 5.74) is 2.57. The first kappa shape index (κ1) is 10.8. The highest BCUT2D eigenvalue weighted by Crippen LogP contribution is 2.30. The van der Waals surface area contributed by atoms with Crippen molar-refractivity contribution in [1.29, 1.82) is 0 Å². The normalized spacial score (nSPS) is 27.9. The van der Waals surface area contributed by atoms with E-state index in [1.165, 1.54) is 18.4 Å². The molecule has 90 valence electrons. The predicted molar refractivity (Wildman–Crippen MR) is 68.4 cm³/mol. The Hall–Kier alpha value is -1.35. The van der Waals surface area contributed by atoms with E-state index in [1.807, 2.05) is 0 Å². The monoisotopic (exact) mass is 230 g/mol. The largest absolute Gasteiger partial charge is 0.476 e. The van der Waals surface area contributed by atoms with E-state index in [1.54, 1.807) is 0 Å². The summed E-state index contributed by atoms with van der Waals surface area (Å²) < 4.78 is 5.52. The van der Waals surface area contributed by atoms with Crippen LogP contribution < -0.4 is 5.32 Å². The third-order valence-electron chi connectivity index (χ3n) is 3.70. The molecule has 1 aromatic rings. The maximum absolute atomic E-state index is 5.52. The minimum Gasteiger partial charge on any atom is -0.476 e. The second-order valence-electron chi connectivity index (χ2n) is 4.98. The molecule has 0 amide bonds. The molecule has 2 aliphatic heterocycles. The van der Waals surface area contributed by atoms with Gasteiger partial charge in [-0.05, 0) is 44.0 Å². The molecule has 3 rings (SSSR count). The number of nitrogens with one attached hydrogen (secondary N) is 1. The van der Waals surface area contributed by atoms with Gasteiger partial charge in [-0.15, -0.1) is 0 Å². The molecular formula is C14H18N2O. The third-order valence-corrected chi connectivity index (χ3v) is 3.70. The van der Waals surface area contributed by atoms with Gasteiger partial charge in [0.15, 0.2) is 0 Å². The fourth-order valence-corrected chi connectivity index (χ4v) is 2.65. The van der Waals surface area contributed by atoms with Crippen molar-refractivity contribution in [3.05, 3.63) is 35.4 Å². The summed E-state index contributed by atoms with van der Waals surface area (Å²) in [5.74, 6) is 0.799. The van der Waals surface area contributed by atoms with Crippen LogP contribution in [0.1, 0.15) is 30.9 Å². The van der Waals surface area contributed by atoms with Gasteiger partial charge in [-0.1, -0.05) is 12.1 Å². The van der Waals surface area contributed by atoms with Crippen molar-refractivity contribution in [2.24, 2.45) is 4.99 Å². The van der Waals surface area contributed by atoms with Gasteiger partial charge in [-0.3, -0.25) is 0 Å². The van der Waals surface area contributed by atoms with Gasteiger partial charge in [0.1, 0.15) is 6.61 Å². The molecule has 1 aromatic carbocycles. The van der Waals surface area contributed by atoms with Crippen molar-refractivity contribution >= 4 is 5.90 Å². The molecule has 2 heterocycles. The lowest BCUT2D eigenvalue weighted by molar-refractivity contribution is 0.348. The molecule has 3 heteroatoms. The minimum absolute atomic E-state index is 0.120. The zero-order chi connectivity index (χ0) is 11.7. The number of ether oxygens (including phenoxy) is 1. The Labute approximate surface area is 102 Å². The van der Waals surface area contributed by atoms with Gasteiger partial charge < -0.3 is 10.1 Å². The first-order chi connectivity index (χ1) is 8.28. The van der Waals surface area contributed by atoms with E-state index in [2.05, 4.69) is 41.5 Å². The maximum Gasteiger partial charge on any atom is 0.216 e. The molecule has 1 N–H and O–H groups in total. The van der Waals surface area contributed by atoms with Gasteiger partial charge in [0.2, 0.25) is 5.90 Å². The molecule has 17 heavy (non-hydrogen) atoms. The number of nitrogens with zero attached hydrogens (tertiary/aromatic N) is 1. The van der Waals surface area contributed by atoms with Crippen LogP contribution in [0.25, 0.3) is 0 Å². The van der Waals surface area contributed by atoms with Crippen LogP contribution in [0.4, 0.5) is 0 Å². The standard InChI is InChI=1S/C14H18N2O/c1-14(6-3-7-16-14)12-5-2-4-11(10-12)13-15-8-9-17-13/h2,4-5,10,16H,3,6-9H2,1H3. The minimum atomic E-state index is 0.120. The molecule has 3 nitrogen and oxygen atoms in total. The maximum atomic E-state index is 5.52. The molecule has 0 aromatic heterocycles. The Kier molecular flexibility index (Phi) is 2.63. The Morgan fingerprint density at radius 3 is 3.06 bits per heavy atom. The quantitative estimate of drug-likeness (QED) is 0.843. The lowest BCUT2D eigenvalue weighted by Crippen LogP contribution is -2.33. The van der Waals surface area contributed by atoms with Gasteiger partial charge in [0.25, 0.3) is 0 Å². The van der Waals surface area contributed by atoms with Crippen LogP contribution in [0.5, 0.6) is 0 Å². The Morgan fingerprint density at radius 2 is 2.35 bits per heavy atom. The lowest BCUT2D eigenvalue weighted by atomic mass is 9.89. The Balaban J connectivity index is 1.93. The molecule has 0 spiro atoms. The van der Waals surface area contributed by atoms with Crippen molar-refractivity contribution in [3.8, 4) is 0 Å². The summed E-state index contributed by atoms with van der Waals surface area (Å²) in [6.07, 6.45) is 2.45. The van der Waals surface area contributed by atoms with Crippen LogP contribution in [0.2, 0.25) is 0 Å². The van der Waals surface area contributed by atoms with Crippen LogP contribution in [0, 0.1) is 0 Å². The van der Waals surface area contributed by atoms with Crippen LogP contribution in [-0.4, -0.2) is 25.6 Å². The molecule has 1 saturated heterocycles. The van der Waals surface area contributed by atoms with Gasteiger partial charge in [0.05, 0.1) is 6.54 Å². The van der Waals surface area contributed by atoms with E-state index in [9.17, 15) is 0 Å². The zero-order valence-corrected chi connectivity index (χ0v) is 10.2. The molecule has 0 radical (unpaired) electrons. The van der Waals surface area contributed by atoms with Gasteiger partial charge in [-0.2, -0.15) is 0 Å². The van der Waals surface area contributed by atoms with Crippen molar-refractivity contribution < 1.29 is 4.74 Å². The molecular weight excluding hydrogens is 212 g/mol. The van der Waals surface area contributed by atoms with Gasteiger partial charge in [-0.25, -0.2) is 4.99 Å².